The number of benzene rings is 6. The molecule has 6 aromatic rings. The summed E-state index contributed by atoms with van der Waals surface area (Å²) in [7, 11) is 0. The summed E-state index contributed by atoms with van der Waals surface area (Å²) >= 11 is 0. The van der Waals surface area contributed by atoms with E-state index in [1.54, 1.807) is 11.1 Å². The largest absolute Gasteiger partial charge is 0.0654 e. The lowest BCUT2D eigenvalue weighted by Gasteiger charge is -2.33. The summed E-state index contributed by atoms with van der Waals surface area (Å²) in [5.41, 5.74) is 16.2. The van der Waals surface area contributed by atoms with Crippen molar-refractivity contribution in [2.75, 3.05) is 0 Å². The number of fused-ring (bicyclic) bond motifs is 3. The standard InChI is InChI=1S/C55H60/c1-3-5-7-9-11-24-40-55(41-25-12-10-8-6-4-2)51-33-23-22-32-49(51)50-39-38-48(42-52(50)55)43-34-36-47(37-35-43)54(46-30-20-15-21-31-46)53(44-26-16-13-17-27-44)45-28-18-14-19-29-45/h13-23,26-39,42H,3-12,24-25,40-41H2,1-2H3. The number of unbranched alkanes of at least 4 members (excludes halogenated alkanes) is 10. The van der Waals surface area contributed by atoms with E-state index in [0.717, 1.165) is 0 Å². The Bertz CT molecular complexity index is 2040. The first-order valence-corrected chi connectivity index (χ1v) is 21.5. The number of hydrogen-bond donors (Lipinski definition) is 0. The number of hydrogen-bond acceptors (Lipinski definition) is 0. The maximum Gasteiger partial charge on any atom is 0.0215 e. The molecule has 55 heavy (non-hydrogen) atoms. The normalized spacial score (nSPS) is 12.6. The molecule has 0 radical (unpaired) electrons. The highest BCUT2D eigenvalue weighted by molar-refractivity contribution is 6.04. The van der Waals surface area contributed by atoms with E-state index in [1.165, 1.54) is 146 Å². The summed E-state index contributed by atoms with van der Waals surface area (Å²) < 4.78 is 0. The van der Waals surface area contributed by atoms with Gasteiger partial charge in [0.2, 0.25) is 0 Å². The van der Waals surface area contributed by atoms with E-state index in [4.69, 9.17) is 0 Å². The van der Waals surface area contributed by atoms with Crippen molar-refractivity contribution < 1.29 is 0 Å². The molecule has 280 valence electrons. The topological polar surface area (TPSA) is 0 Å². The van der Waals surface area contributed by atoms with Gasteiger partial charge in [0.25, 0.3) is 0 Å². The molecule has 0 bridgehead atoms. The monoisotopic (exact) mass is 720 g/mol. The SMILES string of the molecule is CCCCCCCCC1(CCCCCCCC)c2ccccc2-c2ccc(-c3ccc(C(=C(c4ccccc4)c4ccccc4)c4ccccc4)cc3)cc21. The van der Waals surface area contributed by atoms with Crippen molar-refractivity contribution in [2.24, 2.45) is 0 Å². The molecule has 0 aromatic heterocycles. The summed E-state index contributed by atoms with van der Waals surface area (Å²) in [6, 6.07) is 58.9. The molecule has 6 aromatic carbocycles. The summed E-state index contributed by atoms with van der Waals surface area (Å²) in [5, 5.41) is 0. The smallest absolute Gasteiger partial charge is 0.0215 e. The molecule has 0 saturated heterocycles. The molecule has 7 rings (SSSR count). The van der Waals surface area contributed by atoms with Crippen LogP contribution in [0.15, 0.2) is 158 Å². The molecule has 0 heteroatoms. The van der Waals surface area contributed by atoms with Crippen molar-refractivity contribution in [1.29, 1.82) is 0 Å². The maximum atomic E-state index is 2.59. The first kappa shape index (κ1) is 38.3. The average Bonchev–Trinajstić information content (AvgIpc) is 3.52. The second kappa shape index (κ2) is 19.1. The van der Waals surface area contributed by atoms with Crippen LogP contribution in [0.4, 0.5) is 0 Å². The highest BCUT2D eigenvalue weighted by Gasteiger charge is 2.42. The van der Waals surface area contributed by atoms with Crippen molar-refractivity contribution in [3.05, 3.63) is 191 Å². The van der Waals surface area contributed by atoms with Crippen LogP contribution in [0.5, 0.6) is 0 Å². The van der Waals surface area contributed by atoms with Gasteiger partial charge in [-0.2, -0.15) is 0 Å². The third-order valence-electron chi connectivity index (χ3n) is 12.1. The van der Waals surface area contributed by atoms with Crippen molar-refractivity contribution in [1.82, 2.24) is 0 Å². The van der Waals surface area contributed by atoms with Crippen LogP contribution in [0.2, 0.25) is 0 Å². The van der Waals surface area contributed by atoms with Gasteiger partial charge in [0, 0.05) is 5.41 Å². The average molecular weight is 721 g/mol. The van der Waals surface area contributed by atoms with Gasteiger partial charge in [-0.25, -0.2) is 0 Å². The lowest BCUT2D eigenvalue weighted by Crippen LogP contribution is -2.25. The molecule has 0 saturated carbocycles. The zero-order valence-corrected chi connectivity index (χ0v) is 33.4. The van der Waals surface area contributed by atoms with E-state index in [9.17, 15) is 0 Å². The molecule has 0 nitrogen and oxygen atoms in total. The minimum atomic E-state index is 0.0842. The van der Waals surface area contributed by atoms with Crippen LogP contribution < -0.4 is 0 Å². The fraction of sp³-hybridized carbons (Fsp3) is 0.309. The van der Waals surface area contributed by atoms with E-state index in [1.807, 2.05) is 0 Å². The third-order valence-corrected chi connectivity index (χ3v) is 12.1. The van der Waals surface area contributed by atoms with Gasteiger partial charge in [-0.1, -0.05) is 243 Å². The van der Waals surface area contributed by atoms with Gasteiger partial charge < -0.3 is 0 Å². The summed E-state index contributed by atoms with van der Waals surface area (Å²) in [6.07, 6.45) is 18.5. The fourth-order valence-corrected chi connectivity index (χ4v) is 9.27. The van der Waals surface area contributed by atoms with Crippen LogP contribution in [0.1, 0.15) is 137 Å². The summed E-state index contributed by atoms with van der Waals surface area (Å²) in [6.45, 7) is 4.64. The highest BCUT2D eigenvalue weighted by atomic mass is 14.4. The Morgan fingerprint density at radius 1 is 0.345 bits per heavy atom. The Morgan fingerprint density at radius 3 is 1.25 bits per heavy atom. The van der Waals surface area contributed by atoms with Crippen molar-refractivity contribution in [3.63, 3.8) is 0 Å². The molecular weight excluding hydrogens is 661 g/mol. The van der Waals surface area contributed by atoms with E-state index in [-0.39, 0.29) is 5.41 Å². The van der Waals surface area contributed by atoms with Gasteiger partial charge in [0.15, 0.2) is 0 Å². The van der Waals surface area contributed by atoms with Gasteiger partial charge >= 0.3 is 0 Å². The van der Waals surface area contributed by atoms with Crippen LogP contribution in [-0.4, -0.2) is 0 Å². The van der Waals surface area contributed by atoms with Gasteiger partial charge in [-0.3, -0.25) is 0 Å². The van der Waals surface area contributed by atoms with Gasteiger partial charge in [0.1, 0.15) is 0 Å². The zero-order valence-electron chi connectivity index (χ0n) is 33.4. The zero-order chi connectivity index (χ0) is 37.7. The van der Waals surface area contributed by atoms with E-state index >= 15 is 0 Å². The fourth-order valence-electron chi connectivity index (χ4n) is 9.27. The van der Waals surface area contributed by atoms with Crippen LogP contribution in [-0.2, 0) is 5.41 Å². The first-order chi connectivity index (χ1) is 27.2. The summed E-state index contributed by atoms with van der Waals surface area (Å²) in [4.78, 5) is 0. The van der Waals surface area contributed by atoms with Crippen molar-refractivity contribution in [3.8, 4) is 22.3 Å². The molecule has 0 amide bonds. The minimum Gasteiger partial charge on any atom is -0.0654 e. The molecule has 1 aliphatic rings. The Hall–Kier alpha value is -4.94. The highest BCUT2D eigenvalue weighted by Crippen LogP contribution is 2.55. The molecule has 0 heterocycles. The molecule has 0 fully saturated rings. The number of rotatable bonds is 19. The second-order valence-electron chi connectivity index (χ2n) is 15.8. The van der Waals surface area contributed by atoms with Gasteiger partial charge in [0.05, 0.1) is 0 Å². The Kier molecular flexibility index (Phi) is 13.3. The van der Waals surface area contributed by atoms with Gasteiger partial charge in [-0.05, 0) is 85.7 Å². The molecule has 0 N–H and O–H groups in total. The van der Waals surface area contributed by atoms with Crippen molar-refractivity contribution in [2.45, 2.75) is 109 Å². The second-order valence-corrected chi connectivity index (χ2v) is 15.8. The predicted molar refractivity (Wildman–Crippen MR) is 238 cm³/mol. The molecule has 0 spiro atoms. The molecule has 0 unspecified atom stereocenters. The lowest BCUT2D eigenvalue weighted by atomic mass is 9.70. The van der Waals surface area contributed by atoms with E-state index in [2.05, 4.69) is 172 Å². The Morgan fingerprint density at radius 2 is 0.745 bits per heavy atom. The van der Waals surface area contributed by atoms with Crippen LogP contribution in [0.3, 0.4) is 0 Å². The minimum absolute atomic E-state index is 0.0842. The molecule has 0 aliphatic heterocycles. The Labute approximate surface area is 332 Å². The van der Waals surface area contributed by atoms with Crippen LogP contribution in [0.25, 0.3) is 33.4 Å². The lowest BCUT2D eigenvalue weighted by molar-refractivity contribution is 0.398. The molecular formula is C55H60. The third kappa shape index (κ3) is 8.81. The quantitative estimate of drug-likeness (QED) is 0.0577. The first-order valence-electron chi connectivity index (χ1n) is 21.5. The maximum absolute atomic E-state index is 2.59. The van der Waals surface area contributed by atoms with Crippen LogP contribution >= 0.6 is 0 Å². The molecule has 1 aliphatic carbocycles. The van der Waals surface area contributed by atoms with E-state index < -0.39 is 0 Å². The van der Waals surface area contributed by atoms with Crippen LogP contribution in [0, 0.1) is 0 Å². The molecule has 0 atom stereocenters. The van der Waals surface area contributed by atoms with Crippen molar-refractivity contribution >= 4 is 11.1 Å². The van der Waals surface area contributed by atoms with Gasteiger partial charge in [-0.15, -0.1) is 0 Å². The predicted octanol–water partition coefficient (Wildman–Crippen LogP) is 16.1. The van der Waals surface area contributed by atoms with E-state index in [0.29, 0.717) is 0 Å². The summed E-state index contributed by atoms with van der Waals surface area (Å²) in [5.74, 6) is 0. The Balaban J connectivity index is 1.27.